The van der Waals surface area contributed by atoms with Gasteiger partial charge in [0.15, 0.2) is 0 Å². The van der Waals surface area contributed by atoms with Crippen molar-refractivity contribution in [3.63, 3.8) is 0 Å². The highest BCUT2D eigenvalue weighted by molar-refractivity contribution is 7.92. The van der Waals surface area contributed by atoms with Crippen molar-refractivity contribution in [3.05, 3.63) is 89.2 Å². The van der Waals surface area contributed by atoms with Crippen LogP contribution >= 0.6 is 11.6 Å². The molecule has 9 heteroatoms. The summed E-state index contributed by atoms with van der Waals surface area (Å²) in [6, 6.07) is 15.3. The molecule has 1 amide bonds. The number of hydrogen-bond acceptors (Lipinski definition) is 5. The SMILES string of the molecule is O=C(N/N=C/c1ccncc1)c1ccc(NS(=O)(=O)c2ccc(Cl)cc2)cc1. The van der Waals surface area contributed by atoms with Gasteiger partial charge in [0.25, 0.3) is 15.9 Å². The van der Waals surface area contributed by atoms with Crippen LogP contribution in [0.2, 0.25) is 5.02 Å². The first-order valence-corrected chi connectivity index (χ1v) is 9.92. The van der Waals surface area contributed by atoms with Crippen LogP contribution in [0.1, 0.15) is 15.9 Å². The lowest BCUT2D eigenvalue weighted by molar-refractivity contribution is 0.0955. The predicted molar refractivity (Wildman–Crippen MR) is 108 cm³/mol. The number of hydrazone groups is 1. The Morgan fingerprint density at radius 2 is 1.61 bits per heavy atom. The molecule has 0 spiro atoms. The van der Waals surface area contributed by atoms with E-state index in [-0.39, 0.29) is 4.90 Å². The Morgan fingerprint density at radius 3 is 2.25 bits per heavy atom. The predicted octanol–water partition coefficient (Wildman–Crippen LogP) is 3.30. The maximum Gasteiger partial charge on any atom is 0.271 e. The molecule has 7 nitrogen and oxygen atoms in total. The Hall–Kier alpha value is -3.23. The van der Waals surface area contributed by atoms with E-state index < -0.39 is 15.9 Å². The Bertz CT molecular complexity index is 1080. The van der Waals surface area contributed by atoms with Crippen molar-refractivity contribution in [2.45, 2.75) is 4.90 Å². The van der Waals surface area contributed by atoms with Gasteiger partial charge in [0.1, 0.15) is 0 Å². The topological polar surface area (TPSA) is 101 Å². The molecule has 0 radical (unpaired) electrons. The summed E-state index contributed by atoms with van der Waals surface area (Å²) in [4.78, 5) is 16.1. The van der Waals surface area contributed by atoms with Gasteiger partial charge in [0.2, 0.25) is 0 Å². The Kier molecular flexibility index (Phi) is 6.03. The van der Waals surface area contributed by atoms with E-state index in [1.807, 2.05) is 0 Å². The number of nitrogens with one attached hydrogen (secondary N) is 2. The Morgan fingerprint density at radius 1 is 0.964 bits per heavy atom. The van der Waals surface area contributed by atoms with Crippen LogP contribution < -0.4 is 10.1 Å². The summed E-state index contributed by atoms with van der Waals surface area (Å²) in [5, 5.41) is 4.32. The highest BCUT2D eigenvalue weighted by Crippen LogP contribution is 2.18. The summed E-state index contributed by atoms with van der Waals surface area (Å²) in [5.41, 5.74) is 3.86. The van der Waals surface area contributed by atoms with Crippen LogP contribution in [0.25, 0.3) is 0 Å². The Balaban J connectivity index is 1.63. The fraction of sp³-hybridized carbons (Fsp3) is 0. The molecule has 2 aromatic carbocycles. The third-order valence-corrected chi connectivity index (χ3v) is 5.26. The fourth-order valence-electron chi connectivity index (χ4n) is 2.20. The summed E-state index contributed by atoms with van der Waals surface area (Å²) >= 11 is 5.77. The molecule has 3 aromatic rings. The first kappa shape index (κ1) is 19.5. The monoisotopic (exact) mass is 414 g/mol. The van der Waals surface area contributed by atoms with Gasteiger partial charge in [-0.15, -0.1) is 0 Å². The number of amides is 1. The smallest absolute Gasteiger partial charge is 0.271 e. The number of benzene rings is 2. The molecule has 1 aromatic heterocycles. The van der Waals surface area contributed by atoms with Gasteiger partial charge in [0.05, 0.1) is 11.1 Å². The number of anilines is 1. The molecule has 0 fully saturated rings. The molecule has 0 saturated heterocycles. The fourth-order valence-corrected chi connectivity index (χ4v) is 3.38. The lowest BCUT2D eigenvalue weighted by atomic mass is 10.2. The lowest BCUT2D eigenvalue weighted by Crippen LogP contribution is -2.18. The van der Waals surface area contributed by atoms with Crippen LogP contribution in [0.4, 0.5) is 5.69 Å². The minimum atomic E-state index is -3.75. The zero-order chi connectivity index (χ0) is 20.0. The molecule has 0 bridgehead atoms. The number of carbonyl (C=O) groups excluding carboxylic acids is 1. The van der Waals surface area contributed by atoms with Crippen LogP contribution in [-0.4, -0.2) is 25.5 Å². The van der Waals surface area contributed by atoms with Crippen molar-refractivity contribution < 1.29 is 13.2 Å². The number of rotatable bonds is 6. The zero-order valence-corrected chi connectivity index (χ0v) is 16.0. The first-order valence-electron chi connectivity index (χ1n) is 8.06. The maximum atomic E-state index is 12.4. The highest BCUT2D eigenvalue weighted by Gasteiger charge is 2.14. The van der Waals surface area contributed by atoms with E-state index >= 15 is 0 Å². The molecule has 142 valence electrons. The average molecular weight is 415 g/mol. The molecule has 0 aliphatic rings. The van der Waals surface area contributed by atoms with Crippen LogP contribution in [0, 0.1) is 0 Å². The number of pyridine rings is 1. The summed E-state index contributed by atoms with van der Waals surface area (Å²) in [5.74, 6) is -0.419. The minimum absolute atomic E-state index is 0.0872. The van der Waals surface area contributed by atoms with Crippen molar-refractivity contribution >= 4 is 39.4 Å². The second kappa shape index (κ2) is 8.64. The van der Waals surface area contributed by atoms with Crippen molar-refractivity contribution in [3.8, 4) is 0 Å². The van der Waals surface area contributed by atoms with E-state index in [9.17, 15) is 13.2 Å². The number of carbonyl (C=O) groups is 1. The highest BCUT2D eigenvalue weighted by atomic mass is 35.5. The van der Waals surface area contributed by atoms with Gasteiger partial charge in [-0.2, -0.15) is 5.10 Å². The zero-order valence-electron chi connectivity index (χ0n) is 14.4. The average Bonchev–Trinajstić information content (AvgIpc) is 2.69. The standard InChI is InChI=1S/C19H15ClN4O3S/c20-16-3-7-18(8-4-16)28(26,27)24-17-5-1-15(2-6-17)19(25)23-22-13-14-9-11-21-12-10-14/h1-13,24H,(H,23,25)/b22-13+. The van der Waals surface area contributed by atoms with Crippen molar-refractivity contribution in [2.75, 3.05) is 4.72 Å². The summed E-state index contributed by atoms with van der Waals surface area (Å²) in [6.45, 7) is 0. The van der Waals surface area contributed by atoms with Gasteiger partial charge in [-0.3, -0.25) is 14.5 Å². The molecule has 0 saturated carbocycles. The second-order valence-electron chi connectivity index (χ2n) is 5.62. The number of halogens is 1. The number of sulfonamides is 1. The number of nitrogens with zero attached hydrogens (tertiary/aromatic N) is 2. The van der Waals surface area contributed by atoms with E-state index in [0.29, 0.717) is 16.3 Å². The van der Waals surface area contributed by atoms with Gasteiger partial charge in [0, 0.05) is 28.7 Å². The normalized spacial score (nSPS) is 11.3. The first-order chi connectivity index (χ1) is 13.4. The van der Waals surface area contributed by atoms with Gasteiger partial charge >= 0.3 is 0 Å². The van der Waals surface area contributed by atoms with Gasteiger partial charge in [-0.25, -0.2) is 13.8 Å². The van der Waals surface area contributed by atoms with Crippen LogP contribution in [-0.2, 0) is 10.0 Å². The molecule has 3 rings (SSSR count). The molecule has 0 atom stereocenters. The molecular formula is C19H15ClN4O3S. The lowest BCUT2D eigenvalue weighted by Gasteiger charge is -2.08. The van der Waals surface area contributed by atoms with E-state index in [1.54, 1.807) is 24.5 Å². The summed E-state index contributed by atoms with van der Waals surface area (Å²) in [7, 11) is -3.75. The largest absolute Gasteiger partial charge is 0.280 e. The molecule has 28 heavy (non-hydrogen) atoms. The van der Waals surface area contributed by atoms with Gasteiger partial charge in [-0.05, 0) is 66.2 Å². The third-order valence-electron chi connectivity index (χ3n) is 3.61. The number of aromatic nitrogens is 1. The molecule has 2 N–H and O–H groups in total. The Labute approximate surface area is 167 Å². The van der Waals surface area contributed by atoms with Gasteiger partial charge < -0.3 is 0 Å². The quantitative estimate of drug-likeness (QED) is 0.477. The molecule has 0 unspecified atom stereocenters. The molecular weight excluding hydrogens is 400 g/mol. The van der Waals surface area contributed by atoms with Crippen molar-refractivity contribution in [2.24, 2.45) is 5.10 Å². The van der Waals surface area contributed by atoms with Crippen molar-refractivity contribution in [1.82, 2.24) is 10.4 Å². The van der Waals surface area contributed by atoms with E-state index in [2.05, 4.69) is 20.2 Å². The van der Waals surface area contributed by atoms with Crippen LogP contribution in [0.15, 0.2) is 83.1 Å². The minimum Gasteiger partial charge on any atom is -0.280 e. The van der Waals surface area contributed by atoms with E-state index in [0.717, 1.165) is 5.56 Å². The summed E-state index contributed by atoms with van der Waals surface area (Å²) in [6.07, 6.45) is 4.73. The van der Waals surface area contributed by atoms with Crippen LogP contribution in [0.5, 0.6) is 0 Å². The third kappa shape index (κ3) is 5.15. The second-order valence-corrected chi connectivity index (χ2v) is 7.74. The van der Waals surface area contributed by atoms with Gasteiger partial charge in [-0.1, -0.05) is 11.6 Å². The van der Waals surface area contributed by atoms with Crippen LogP contribution in [0.3, 0.4) is 0 Å². The summed E-state index contributed by atoms with van der Waals surface area (Å²) < 4.78 is 27.1. The van der Waals surface area contributed by atoms with E-state index in [1.165, 1.54) is 54.7 Å². The van der Waals surface area contributed by atoms with Crippen molar-refractivity contribution in [1.29, 1.82) is 0 Å². The molecule has 0 aliphatic carbocycles. The van der Waals surface area contributed by atoms with E-state index in [4.69, 9.17) is 11.6 Å². The maximum absolute atomic E-state index is 12.4. The number of hydrogen-bond donors (Lipinski definition) is 2. The molecule has 1 heterocycles. The molecule has 0 aliphatic heterocycles.